The predicted molar refractivity (Wildman–Crippen MR) is 66.6 cm³/mol. The molecule has 96 valence electrons. The van der Waals surface area contributed by atoms with Crippen LogP contribution in [0, 0.1) is 23.0 Å². The van der Waals surface area contributed by atoms with E-state index in [2.05, 4.69) is 0 Å². The van der Waals surface area contributed by atoms with Crippen LogP contribution in [0.15, 0.2) is 36.4 Å². The molecule has 2 aromatic rings. The number of hydrogen-bond acceptors (Lipinski definition) is 3. The highest BCUT2D eigenvalue weighted by molar-refractivity contribution is 5.52. The van der Waals surface area contributed by atoms with Gasteiger partial charge in [0, 0.05) is 11.8 Å². The Morgan fingerprint density at radius 3 is 2.68 bits per heavy atom. The molecule has 0 aliphatic heterocycles. The summed E-state index contributed by atoms with van der Waals surface area (Å²) in [6.07, 6.45) is 0.120. The van der Waals surface area contributed by atoms with E-state index < -0.39 is 11.6 Å². The van der Waals surface area contributed by atoms with Crippen molar-refractivity contribution in [3.05, 3.63) is 53.6 Å². The highest BCUT2D eigenvalue weighted by Crippen LogP contribution is 2.27. The van der Waals surface area contributed by atoms with E-state index in [1.54, 1.807) is 6.07 Å². The maximum absolute atomic E-state index is 13.4. The van der Waals surface area contributed by atoms with Crippen molar-refractivity contribution >= 4 is 5.69 Å². The summed E-state index contributed by atoms with van der Waals surface area (Å²) in [5.74, 6) is -1.18. The quantitative estimate of drug-likeness (QED) is 0.860. The molecule has 0 unspecified atom stereocenters. The number of nitrogens with zero attached hydrogens (tertiary/aromatic N) is 1. The van der Waals surface area contributed by atoms with Gasteiger partial charge in [-0.3, -0.25) is 0 Å². The SMILES string of the molecule is N#CCc1cc(Oc2cc(F)ccc2F)ccc1N. The fourth-order valence-corrected chi connectivity index (χ4v) is 1.57. The van der Waals surface area contributed by atoms with Gasteiger partial charge >= 0.3 is 0 Å². The van der Waals surface area contributed by atoms with Crippen LogP contribution in [-0.2, 0) is 6.42 Å². The predicted octanol–water partition coefficient (Wildman–Crippen LogP) is 3.41. The van der Waals surface area contributed by atoms with Crippen molar-refractivity contribution in [2.45, 2.75) is 6.42 Å². The standard InChI is InChI=1S/C14H10F2N2O/c15-10-1-3-12(16)14(8-10)19-11-2-4-13(18)9(7-11)5-6-17/h1-4,7-8H,5,18H2. The molecule has 0 amide bonds. The summed E-state index contributed by atoms with van der Waals surface area (Å²) in [6.45, 7) is 0. The van der Waals surface area contributed by atoms with Crippen LogP contribution in [0.5, 0.6) is 11.5 Å². The van der Waals surface area contributed by atoms with Crippen LogP contribution < -0.4 is 10.5 Å². The lowest BCUT2D eigenvalue weighted by molar-refractivity contribution is 0.436. The number of hydrogen-bond donors (Lipinski definition) is 1. The zero-order valence-electron chi connectivity index (χ0n) is 9.86. The zero-order chi connectivity index (χ0) is 13.8. The van der Waals surface area contributed by atoms with Crippen LogP contribution >= 0.6 is 0 Å². The van der Waals surface area contributed by atoms with Gasteiger partial charge in [0.05, 0.1) is 12.5 Å². The van der Waals surface area contributed by atoms with Gasteiger partial charge in [0.2, 0.25) is 0 Å². The third-order valence-corrected chi connectivity index (χ3v) is 2.51. The largest absolute Gasteiger partial charge is 0.454 e. The van der Waals surface area contributed by atoms with Gasteiger partial charge in [0.25, 0.3) is 0 Å². The Morgan fingerprint density at radius 1 is 1.16 bits per heavy atom. The van der Waals surface area contributed by atoms with Crippen molar-refractivity contribution in [1.82, 2.24) is 0 Å². The minimum Gasteiger partial charge on any atom is -0.454 e. The molecule has 2 rings (SSSR count). The second-order valence-corrected chi connectivity index (χ2v) is 3.87. The number of nitrogen functional groups attached to an aromatic ring is 1. The summed E-state index contributed by atoms with van der Waals surface area (Å²) in [5.41, 5.74) is 6.71. The first-order valence-electron chi connectivity index (χ1n) is 5.48. The van der Waals surface area contributed by atoms with E-state index in [0.717, 1.165) is 18.2 Å². The molecule has 0 aromatic heterocycles. The van der Waals surface area contributed by atoms with Crippen LogP contribution in [0.3, 0.4) is 0 Å². The second-order valence-electron chi connectivity index (χ2n) is 3.87. The molecule has 0 bridgehead atoms. The fraction of sp³-hybridized carbons (Fsp3) is 0.0714. The van der Waals surface area contributed by atoms with Crippen molar-refractivity contribution < 1.29 is 13.5 Å². The average molecular weight is 260 g/mol. The number of nitriles is 1. The van der Waals surface area contributed by atoms with Crippen molar-refractivity contribution in [1.29, 1.82) is 5.26 Å². The van der Waals surface area contributed by atoms with Gasteiger partial charge in [-0.05, 0) is 35.9 Å². The second kappa shape index (κ2) is 5.36. The maximum Gasteiger partial charge on any atom is 0.165 e. The molecule has 0 spiro atoms. The highest BCUT2D eigenvalue weighted by Gasteiger charge is 2.08. The molecule has 2 aromatic carbocycles. The van der Waals surface area contributed by atoms with E-state index in [0.29, 0.717) is 17.0 Å². The van der Waals surface area contributed by atoms with Crippen LogP contribution in [0.25, 0.3) is 0 Å². The van der Waals surface area contributed by atoms with Crippen LogP contribution in [-0.4, -0.2) is 0 Å². The lowest BCUT2D eigenvalue weighted by Gasteiger charge is -2.09. The molecule has 0 aliphatic carbocycles. The van der Waals surface area contributed by atoms with E-state index in [4.69, 9.17) is 15.7 Å². The lowest BCUT2D eigenvalue weighted by atomic mass is 10.1. The van der Waals surface area contributed by atoms with Crippen LogP contribution in [0.2, 0.25) is 0 Å². The van der Waals surface area contributed by atoms with E-state index in [1.807, 2.05) is 6.07 Å². The minimum absolute atomic E-state index is 0.120. The van der Waals surface area contributed by atoms with E-state index in [1.165, 1.54) is 12.1 Å². The summed E-state index contributed by atoms with van der Waals surface area (Å²) in [6, 6.07) is 9.53. The number of ether oxygens (including phenoxy) is 1. The Balaban J connectivity index is 2.31. The fourth-order valence-electron chi connectivity index (χ4n) is 1.57. The van der Waals surface area contributed by atoms with Crippen molar-refractivity contribution in [3.63, 3.8) is 0 Å². The Morgan fingerprint density at radius 2 is 1.95 bits per heavy atom. The summed E-state index contributed by atoms with van der Waals surface area (Å²) < 4.78 is 31.7. The molecule has 0 saturated heterocycles. The van der Waals surface area contributed by atoms with Gasteiger partial charge in [-0.25, -0.2) is 8.78 Å². The first kappa shape index (κ1) is 12.8. The number of rotatable bonds is 3. The summed E-state index contributed by atoms with van der Waals surface area (Å²) in [5, 5.41) is 8.65. The van der Waals surface area contributed by atoms with Crippen LogP contribution in [0.1, 0.15) is 5.56 Å². The van der Waals surface area contributed by atoms with Gasteiger partial charge in [-0.15, -0.1) is 0 Å². The van der Waals surface area contributed by atoms with Gasteiger partial charge in [-0.2, -0.15) is 5.26 Å². The first-order valence-corrected chi connectivity index (χ1v) is 5.48. The molecule has 0 saturated carbocycles. The summed E-state index contributed by atoms with van der Waals surface area (Å²) in [4.78, 5) is 0. The monoisotopic (exact) mass is 260 g/mol. The zero-order valence-corrected chi connectivity index (χ0v) is 9.86. The average Bonchev–Trinajstić information content (AvgIpc) is 2.38. The van der Waals surface area contributed by atoms with Gasteiger partial charge < -0.3 is 10.5 Å². The van der Waals surface area contributed by atoms with Gasteiger partial charge in [0.15, 0.2) is 11.6 Å². The molecular weight excluding hydrogens is 250 g/mol. The van der Waals surface area contributed by atoms with E-state index in [-0.39, 0.29) is 12.2 Å². The molecule has 19 heavy (non-hydrogen) atoms. The number of benzene rings is 2. The molecular formula is C14H10F2N2O. The molecule has 2 N–H and O–H groups in total. The van der Waals surface area contributed by atoms with E-state index >= 15 is 0 Å². The van der Waals surface area contributed by atoms with Gasteiger partial charge in [-0.1, -0.05) is 0 Å². The molecule has 0 aliphatic rings. The third kappa shape index (κ3) is 2.99. The molecule has 0 fully saturated rings. The normalized spacial score (nSPS) is 9.95. The lowest BCUT2D eigenvalue weighted by Crippen LogP contribution is -1.95. The molecule has 0 heterocycles. The smallest absolute Gasteiger partial charge is 0.165 e. The topological polar surface area (TPSA) is 59.0 Å². The van der Waals surface area contributed by atoms with Crippen molar-refractivity contribution in [2.24, 2.45) is 0 Å². The Labute approximate surface area is 108 Å². The van der Waals surface area contributed by atoms with E-state index in [9.17, 15) is 8.78 Å². The summed E-state index contributed by atoms with van der Waals surface area (Å²) in [7, 11) is 0. The molecule has 5 heteroatoms. The third-order valence-electron chi connectivity index (χ3n) is 2.51. The molecule has 0 radical (unpaired) electrons. The highest BCUT2D eigenvalue weighted by atomic mass is 19.1. The Kier molecular flexibility index (Phi) is 3.62. The number of anilines is 1. The minimum atomic E-state index is -0.667. The van der Waals surface area contributed by atoms with Crippen molar-refractivity contribution in [3.8, 4) is 17.6 Å². The molecule has 0 atom stereocenters. The summed E-state index contributed by atoms with van der Waals surface area (Å²) >= 11 is 0. The maximum atomic E-state index is 13.4. The Bertz CT molecular complexity index is 650. The van der Waals surface area contributed by atoms with Crippen LogP contribution in [0.4, 0.5) is 14.5 Å². The van der Waals surface area contributed by atoms with Crippen molar-refractivity contribution in [2.75, 3.05) is 5.73 Å². The Hall–Kier alpha value is -2.61. The first-order chi connectivity index (χ1) is 9.10. The number of halogens is 2. The van der Waals surface area contributed by atoms with Gasteiger partial charge in [0.1, 0.15) is 11.6 Å². The molecule has 3 nitrogen and oxygen atoms in total. The number of nitrogens with two attached hydrogens (primary N) is 1.